The molecule has 0 amide bonds. The highest BCUT2D eigenvalue weighted by molar-refractivity contribution is 5.29. The van der Waals surface area contributed by atoms with Crippen molar-refractivity contribution in [3.8, 4) is 23.7 Å². The molecule has 0 aromatic carbocycles. The Kier molecular flexibility index (Phi) is 8.15. The molecule has 0 saturated carbocycles. The topological polar surface area (TPSA) is 36.9 Å². The van der Waals surface area contributed by atoms with E-state index in [1.165, 1.54) is 0 Å². The van der Waals surface area contributed by atoms with E-state index in [1.54, 1.807) is 0 Å². The van der Waals surface area contributed by atoms with Gasteiger partial charge in [0.05, 0.1) is 17.8 Å². The fraction of sp³-hybridized carbons (Fsp3) is 0.778. The van der Waals surface area contributed by atoms with Crippen molar-refractivity contribution >= 4 is 0 Å². The molecule has 4 heteroatoms. The summed E-state index contributed by atoms with van der Waals surface area (Å²) >= 11 is 0. The fourth-order valence-electron chi connectivity index (χ4n) is 0.946. The Labute approximate surface area is 135 Å². The van der Waals surface area contributed by atoms with Crippen LogP contribution in [0.5, 0.6) is 0 Å². The molecule has 0 aliphatic carbocycles. The van der Waals surface area contributed by atoms with Gasteiger partial charge < -0.3 is 0 Å². The summed E-state index contributed by atoms with van der Waals surface area (Å²) in [7, 11) is 0. The summed E-state index contributed by atoms with van der Waals surface area (Å²) in [5, 5.41) is 0. The molecule has 4 nitrogen and oxygen atoms in total. The van der Waals surface area contributed by atoms with Crippen molar-refractivity contribution in [2.24, 2.45) is 5.92 Å². The van der Waals surface area contributed by atoms with Gasteiger partial charge in [-0.2, -0.15) is 0 Å². The fourth-order valence-corrected chi connectivity index (χ4v) is 0.946. The molecule has 0 aromatic rings. The molecule has 0 N–H and O–H groups in total. The first-order valence-corrected chi connectivity index (χ1v) is 7.51. The van der Waals surface area contributed by atoms with Crippen molar-refractivity contribution in [2.45, 2.75) is 79.1 Å². The van der Waals surface area contributed by atoms with Crippen molar-refractivity contribution < 1.29 is 19.6 Å². The highest BCUT2D eigenvalue weighted by Gasteiger charge is 2.21. The first-order chi connectivity index (χ1) is 9.81. The smallest absolute Gasteiger partial charge is 0.159 e. The molecule has 0 bridgehead atoms. The van der Waals surface area contributed by atoms with Gasteiger partial charge in [-0.3, -0.25) is 0 Å². The van der Waals surface area contributed by atoms with Gasteiger partial charge in [0, 0.05) is 5.92 Å². The lowest BCUT2D eigenvalue weighted by Gasteiger charge is -2.24. The van der Waals surface area contributed by atoms with Crippen molar-refractivity contribution in [1.29, 1.82) is 0 Å². The monoisotopic (exact) mass is 310 g/mol. The zero-order chi connectivity index (χ0) is 17.4. The van der Waals surface area contributed by atoms with E-state index in [0.29, 0.717) is 6.61 Å². The van der Waals surface area contributed by atoms with Crippen molar-refractivity contribution in [3.05, 3.63) is 0 Å². The Bertz CT molecular complexity index is 444. The minimum absolute atomic E-state index is 0.0338. The van der Waals surface area contributed by atoms with Crippen LogP contribution >= 0.6 is 0 Å². The van der Waals surface area contributed by atoms with Gasteiger partial charge in [-0.1, -0.05) is 11.8 Å². The number of hydrogen-bond acceptors (Lipinski definition) is 4. The standard InChI is InChI=1S/C18H30O4/c1-15(14-19-20-16(2,3)4)12-10-11-13-18(8,9)22-21-17(5,6)7/h15H,14H2,1-9H3. The third kappa shape index (κ3) is 13.9. The van der Waals surface area contributed by atoms with Crippen LogP contribution in [0.4, 0.5) is 0 Å². The molecule has 1 atom stereocenters. The van der Waals surface area contributed by atoms with E-state index < -0.39 is 5.60 Å². The molecule has 0 heterocycles. The number of rotatable bonds is 5. The lowest BCUT2D eigenvalue weighted by atomic mass is 10.1. The third-order valence-corrected chi connectivity index (χ3v) is 1.87. The first-order valence-electron chi connectivity index (χ1n) is 7.51. The maximum Gasteiger partial charge on any atom is 0.159 e. The molecule has 0 saturated heterocycles. The summed E-state index contributed by atoms with van der Waals surface area (Å²) in [5.41, 5.74) is -1.40. The Balaban J connectivity index is 4.28. The van der Waals surface area contributed by atoms with E-state index in [4.69, 9.17) is 19.6 Å². The van der Waals surface area contributed by atoms with E-state index in [2.05, 4.69) is 23.7 Å². The Morgan fingerprint density at radius 2 is 1.32 bits per heavy atom. The van der Waals surface area contributed by atoms with Crippen LogP contribution in [0.15, 0.2) is 0 Å². The van der Waals surface area contributed by atoms with E-state index in [9.17, 15) is 0 Å². The largest absolute Gasteiger partial charge is 0.235 e. The van der Waals surface area contributed by atoms with Gasteiger partial charge >= 0.3 is 0 Å². The molecule has 22 heavy (non-hydrogen) atoms. The van der Waals surface area contributed by atoms with E-state index >= 15 is 0 Å². The highest BCUT2D eigenvalue weighted by Crippen LogP contribution is 2.15. The third-order valence-electron chi connectivity index (χ3n) is 1.87. The molecule has 1 unspecified atom stereocenters. The van der Waals surface area contributed by atoms with Crippen LogP contribution in [0.1, 0.15) is 62.3 Å². The summed E-state index contributed by atoms with van der Waals surface area (Å²) < 4.78 is 0. The highest BCUT2D eigenvalue weighted by atomic mass is 17.2. The molecule has 0 fully saturated rings. The van der Waals surface area contributed by atoms with Gasteiger partial charge in [0.25, 0.3) is 0 Å². The zero-order valence-electron chi connectivity index (χ0n) is 15.4. The second-order valence-corrected chi connectivity index (χ2v) is 7.69. The average Bonchev–Trinajstić information content (AvgIpc) is 2.30. The van der Waals surface area contributed by atoms with Crippen molar-refractivity contribution in [1.82, 2.24) is 0 Å². The van der Waals surface area contributed by atoms with Crippen LogP contribution in [0.2, 0.25) is 0 Å². The lowest BCUT2D eigenvalue weighted by Crippen LogP contribution is -2.29. The summed E-state index contributed by atoms with van der Waals surface area (Å²) in [5.74, 6) is 11.5. The summed E-state index contributed by atoms with van der Waals surface area (Å²) in [6, 6.07) is 0. The lowest BCUT2D eigenvalue weighted by molar-refractivity contribution is -0.384. The predicted octanol–water partition coefficient (Wildman–Crippen LogP) is 3.90. The summed E-state index contributed by atoms with van der Waals surface area (Å²) in [6.07, 6.45) is 0. The molecule has 0 spiro atoms. The van der Waals surface area contributed by atoms with Gasteiger partial charge in [-0.05, 0) is 74.2 Å². The maximum atomic E-state index is 5.32. The maximum absolute atomic E-state index is 5.32. The van der Waals surface area contributed by atoms with Gasteiger partial charge in [-0.25, -0.2) is 19.6 Å². The summed E-state index contributed by atoms with van der Waals surface area (Å²) in [6.45, 7) is 17.5. The molecule has 0 radical (unpaired) electrons. The Morgan fingerprint density at radius 1 is 0.773 bits per heavy atom. The van der Waals surface area contributed by atoms with E-state index in [1.807, 2.05) is 62.3 Å². The SMILES string of the molecule is CC(C#CC#CC(C)(C)OOC(C)(C)C)COOC(C)(C)C. The first kappa shape index (κ1) is 21.0. The van der Waals surface area contributed by atoms with Crippen LogP contribution < -0.4 is 0 Å². The zero-order valence-corrected chi connectivity index (χ0v) is 15.4. The van der Waals surface area contributed by atoms with E-state index in [-0.39, 0.29) is 17.1 Å². The molecule has 0 aliphatic rings. The second kappa shape index (κ2) is 8.56. The van der Waals surface area contributed by atoms with Crippen LogP contribution in [0, 0.1) is 29.6 Å². The molecular formula is C18H30O4. The predicted molar refractivity (Wildman–Crippen MR) is 87.5 cm³/mol. The van der Waals surface area contributed by atoms with Crippen LogP contribution in [0.25, 0.3) is 0 Å². The van der Waals surface area contributed by atoms with Gasteiger partial charge in [0.2, 0.25) is 0 Å². The van der Waals surface area contributed by atoms with Crippen LogP contribution in [-0.2, 0) is 19.6 Å². The quantitative estimate of drug-likeness (QED) is 0.438. The Hall–Kier alpha value is -1.04. The van der Waals surface area contributed by atoms with E-state index in [0.717, 1.165) is 0 Å². The second-order valence-electron chi connectivity index (χ2n) is 7.69. The summed E-state index contributed by atoms with van der Waals surface area (Å²) in [4.78, 5) is 20.9. The van der Waals surface area contributed by atoms with Crippen LogP contribution in [-0.4, -0.2) is 23.4 Å². The van der Waals surface area contributed by atoms with Crippen molar-refractivity contribution in [3.63, 3.8) is 0 Å². The van der Waals surface area contributed by atoms with Gasteiger partial charge in [-0.15, -0.1) is 0 Å². The van der Waals surface area contributed by atoms with Crippen molar-refractivity contribution in [2.75, 3.05) is 6.61 Å². The molecule has 126 valence electrons. The molecular weight excluding hydrogens is 280 g/mol. The molecule has 0 rings (SSSR count). The average molecular weight is 310 g/mol. The van der Waals surface area contributed by atoms with Gasteiger partial charge in [0.1, 0.15) is 0 Å². The van der Waals surface area contributed by atoms with Gasteiger partial charge in [0.15, 0.2) is 5.60 Å². The van der Waals surface area contributed by atoms with Crippen LogP contribution in [0.3, 0.4) is 0 Å². The molecule has 0 aliphatic heterocycles. The number of hydrogen-bond donors (Lipinski definition) is 0. The minimum atomic E-state index is -0.711. The minimum Gasteiger partial charge on any atom is -0.235 e. The molecule has 0 aromatic heterocycles. The Morgan fingerprint density at radius 3 is 1.82 bits per heavy atom. The normalized spacial score (nSPS) is 13.7.